The van der Waals surface area contributed by atoms with Crippen molar-refractivity contribution < 1.29 is 5.11 Å². The number of pyridine rings is 1. The lowest BCUT2D eigenvalue weighted by Crippen LogP contribution is -2.11. The molecule has 0 aliphatic carbocycles. The predicted molar refractivity (Wildman–Crippen MR) is 89.2 cm³/mol. The highest BCUT2D eigenvalue weighted by molar-refractivity contribution is 5.63. The number of aliphatic hydroxyl groups is 1. The van der Waals surface area contributed by atoms with Crippen LogP contribution in [-0.4, -0.2) is 25.1 Å². The molecule has 1 N–H and O–H groups in total. The Morgan fingerprint density at radius 2 is 1.65 bits per heavy atom. The highest BCUT2D eigenvalue weighted by Gasteiger charge is 2.17. The average Bonchev–Trinajstić information content (AvgIpc) is 2.99. The third-order valence-electron chi connectivity index (χ3n) is 3.82. The first-order valence-corrected chi connectivity index (χ1v) is 7.57. The van der Waals surface area contributed by atoms with E-state index in [1.807, 2.05) is 24.3 Å². The van der Waals surface area contributed by atoms with E-state index in [-0.39, 0.29) is 12.0 Å². The van der Waals surface area contributed by atoms with E-state index in [0.29, 0.717) is 5.69 Å². The van der Waals surface area contributed by atoms with Crippen molar-refractivity contribution in [3.05, 3.63) is 60.0 Å². The van der Waals surface area contributed by atoms with Crippen molar-refractivity contribution in [3.8, 4) is 16.9 Å². The molecule has 0 radical (unpaired) electrons. The Kier molecular flexibility index (Phi) is 3.96. The van der Waals surface area contributed by atoms with Crippen molar-refractivity contribution in [2.24, 2.45) is 0 Å². The molecule has 0 spiro atoms. The van der Waals surface area contributed by atoms with Crippen LogP contribution in [0.1, 0.15) is 32.0 Å². The topological polar surface area (TPSA) is 63.8 Å². The summed E-state index contributed by atoms with van der Waals surface area (Å²) in [4.78, 5) is 4.04. The Balaban J connectivity index is 2.09. The van der Waals surface area contributed by atoms with Crippen molar-refractivity contribution in [2.45, 2.75) is 32.8 Å². The molecule has 0 saturated carbocycles. The molecule has 2 heterocycles. The maximum atomic E-state index is 9.56. The molecule has 0 atom stereocenters. The van der Waals surface area contributed by atoms with Crippen LogP contribution in [0.15, 0.2) is 48.8 Å². The van der Waals surface area contributed by atoms with Crippen molar-refractivity contribution >= 4 is 0 Å². The molecule has 0 bridgehead atoms. The molecule has 23 heavy (non-hydrogen) atoms. The van der Waals surface area contributed by atoms with E-state index in [1.54, 1.807) is 17.1 Å². The normalized spacial score (nSPS) is 11.7. The maximum Gasteiger partial charge on any atom is 0.117 e. The fourth-order valence-corrected chi connectivity index (χ4v) is 2.50. The van der Waals surface area contributed by atoms with Gasteiger partial charge in [0.05, 0.1) is 12.3 Å². The van der Waals surface area contributed by atoms with Gasteiger partial charge in [0.25, 0.3) is 0 Å². The van der Waals surface area contributed by atoms with Gasteiger partial charge in [0.2, 0.25) is 0 Å². The summed E-state index contributed by atoms with van der Waals surface area (Å²) in [5.74, 6) is 0. The summed E-state index contributed by atoms with van der Waals surface area (Å²) in [6.07, 6.45) is 3.44. The minimum Gasteiger partial charge on any atom is -0.390 e. The molecule has 5 nitrogen and oxygen atoms in total. The van der Waals surface area contributed by atoms with Gasteiger partial charge in [0, 0.05) is 18.0 Å². The lowest BCUT2D eigenvalue weighted by molar-refractivity contribution is 0.277. The van der Waals surface area contributed by atoms with Crippen LogP contribution >= 0.6 is 0 Å². The van der Waals surface area contributed by atoms with E-state index in [9.17, 15) is 5.11 Å². The van der Waals surface area contributed by atoms with Gasteiger partial charge in [-0.15, -0.1) is 5.10 Å². The van der Waals surface area contributed by atoms with Gasteiger partial charge in [0.1, 0.15) is 11.4 Å². The van der Waals surface area contributed by atoms with Gasteiger partial charge < -0.3 is 5.11 Å². The van der Waals surface area contributed by atoms with Crippen LogP contribution in [0.4, 0.5) is 0 Å². The molecular formula is C18H20N4O. The van der Waals surface area contributed by atoms with Gasteiger partial charge in [-0.1, -0.05) is 38.1 Å². The third kappa shape index (κ3) is 3.00. The number of nitrogens with zero attached hydrogens (tertiary/aromatic N) is 4. The second kappa shape index (κ2) is 5.93. The van der Waals surface area contributed by atoms with Crippen LogP contribution in [0.3, 0.4) is 0 Å². The van der Waals surface area contributed by atoms with Gasteiger partial charge in [0.15, 0.2) is 0 Å². The number of rotatable bonds is 3. The lowest BCUT2D eigenvalue weighted by atomic mass is 9.87. The smallest absolute Gasteiger partial charge is 0.117 e. The van der Waals surface area contributed by atoms with E-state index in [2.05, 4.69) is 48.2 Å². The Morgan fingerprint density at radius 1 is 1.00 bits per heavy atom. The van der Waals surface area contributed by atoms with Crippen molar-refractivity contribution in [1.29, 1.82) is 0 Å². The molecule has 0 unspecified atom stereocenters. The van der Waals surface area contributed by atoms with Crippen LogP contribution < -0.4 is 0 Å². The molecule has 0 saturated heterocycles. The second-order valence-electron chi connectivity index (χ2n) is 6.49. The number of benzene rings is 1. The summed E-state index contributed by atoms with van der Waals surface area (Å²) >= 11 is 0. The molecule has 2 aromatic heterocycles. The predicted octanol–water partition coefficient (Wildman–Crippen LogP) is 3.12. The minimum absolute atomic E-state index is 0.102. The lowest BCUT2D eigenvalue weighted by Gasteiger charge is -2.19. The van der Waals surface area contributed by atoms with E-state index in [4.69, 9.17) is 0 Å². The zero-order valence-electron chi connectivity index (χ0n) is 13.6. The van der Waals surface area contributed by atoms with E-state index in [1.165, 1.54) is 5.56 Å². The Hall–Kier alpha value is -2.53. The molecule has 0 aliphatic heterocycles. The van der Waals surface area contributed by atoms with Crippen molar-refractivity contribution in [1.82, 2.24) is 20.0 Å². The molecule has 3 aromatic rings. The summed E-state index contributed by atoms with van der Waals surface area (Å²) in [7, 11) is 0. The number of aliphatic hydroxyl groups excluding tert-OH is 1. The Bertz CT molecular complexity index is 786. The minimum atomic E-state index is -0.155. The fourth-order valence-electron chi connectivity index (χ4n) is 2.50. The molecule has 3 rings (SSSR count). The Labute approximate surface area is 135 Å². The summed E-state index contributed by atoms with van der Waals surface area (Å²) in [6, 6.07) is 12.0. The van der Waals surface area contributed by atoms with Crippen LogP contribution in [0.2, 0.25) is 0 Å². The van der Waals surface area contributed by atoms with Crippen molar-refractivity contribution in [2.75, 3.05) is 0 Å². The quantitative estimate of drug-likeness (QED) is 0.807. The SMILES string of the molecule is CC(C)(C)c1ccc(-n2nnc(CO)c2-c2ccncc2)cc1. The molecule has 0 amide bonds. The van der Waals surface area contributed by atoms with Gasteiger partial charge in [-0.2, -0.15) is 0 Å². The number of hydrogen-bond donors (Lipinski definition) is 1. The van der Waals surface area contributed by atoms with Gasteiger partial charge in [-0.05, 0) is 35.2 Å². The van der Waals surface area contributed by atoms with Gasteiger partial charge in [-0.3, -0.25) is 4.98 Å². The first-order chi connectivity index (χ1) is 11.0. The Morgan fingerprint density at radius 3 is 2.22 bits per heavy atom. The van der Waals surface area contributed by atoms with Gasteiger partial charge in [-0.25, -0.2) is 4.68 Å². The largest absolute Gasteiger partial charge is 0.390 e. The van der Waals surface area contributed by atoms with Crippen LogP contribution in [-0.2, 0) is 12.0 Å². The number of aromatic nitrogens is 4. The third-order valence-corrected chi connectivity index (χ3v) is 3.82. The van der Waals surface area contributed by atoms with E-state index < -0.39 is 0 Å². The molecule has 0 aliphatic rings. The zero-order chi connectivity index (χ0) is 16.4. The molecule has 0 fully saturated rings. The first kappa shape index (κ1) is 15.4. The molecule has 118 valence electrons. The highest BCUT2D eigenvalue weighted by atomic mass is 16.3. The number of hydrogen-bond acceptors (Lipinski definition) is 4. The zero-order valence-corrected chi connectivity index (χ0v) is 13.6. The average molecular weight is 308 g/mol. The molecular weight excluding hydrogens is 288 g/mol. The van der Waals surface area contributed by atoms with Crippen LogP contribution in [0.5, 0.6) is 0 Å². The van der Waals surface area contributed by atoms with Crippen LogP contribution in [0.25, 0.3) is 16.9 Å². The summed E-state index contributed by atoms with van der Waals surface area (Å²) in [6.45, 7) is 6.40. The molecule has 1 aromatic carbocycles. The van der Waals surface area contributed by atoms with Crippen LogP contribution in [0, 0.1) is 0 Å². The highest BCUT2D eigenvalue weighted by Crippen LogP contribution is 2.27. The molecule has 5 heteroatoms. The van der Waals surface area contributed by atoms with E-state index >= 15 is 0 Å². The van der Waals surface area contributed by atoms with Crippen molar-refractivity contribution in [3.63, 3.8) is 0 Å². The maximum absolute atomic E-state index is 9.56. The summed E-state index contributed by atoms with van der Waals surface area (Å²) < 4.78 is 1.76. The monoisotopic (exact) mass is 308 g/mol. The summed E-state index contributed by atoms with van der Waals surface area (Å²) in [5.41, 5.74) is 4.54. The second-order valence-corrected chi connectivity index (χ2v) is 6.49. The summed E-state index contributed by atoms with van der Waals surface area (Å²) in [5, 5.41) is 17.9. The standard InChI is InChI=1S/C18H20N4O/c1-18(2,3)14-4-6-15(7-5-14)22-17(16(12-23)20-21-22)13-8-10-19-11-9-13/h4-11,23H,12H2,1-3H3. The first-order valence-electron chi connectivity index (χ1n) is 7.57. The fraction of sp³-hybridized carbons (Fsp3) is 0.278. The van der Waals surface area contributed by atoms with E-state index in [0.717, 1.165) is 16.9 Å². The van der Waals surface area contributed by atoms with Gasteiger partial charge >= 0.3 is 0 Å².